The van der Waals surface area contributed by atoms with E-state index in [2.05, 4.69) is 35.8 Å². The van der Waals surface area contributed by atoms with Crippen LogP contribution in [0.2, 0.25) is 15.2 Å². The van der Waals surface area contributed by atoms with E-state index < -0.39 is 0 Å². The monoisotopic (exact) mass is 684 g/mol. The molecular formula is C32H39Cl3N10O. The van der Waals surface area contributed by atoms with Crippen LogP contribution in [0.1, 0.15) is 6.92 Å². The van der Waals surface area contributed by atoms with E-state index in [0.717, 1.165) is 102 Å². The normalized spacial score (nSPS) is 14.8. The number of pyridine rings is 2. The number of aliphatic hydroxyl groups excluding tert-OH is 1. The molecular weight excluding hydrogens is 647 g/mol. The van der Waals surface area contributed by atoms with Gasteiger partial charge in [-0.25, -0.2) is 19.9 Å². The summed E-state index contributed by atoms with van der Waals surface area (Å²) in [5.41, 5.74) is 5.50. The standard InChI is InChI=1S/C15H16ClN5.C11H7Cl2N3.C4H10N2.C2H6O/c1-20-9-18-13-14(20)11-8-10(16)2-3-12(11)19-15(13)21-6-4-17-5-7-21;1-16-5-14-9-10(16)7-4-6(12)2-3-8(7)15-11(9)13;1-2-6-4-3-5-1;1-2-3/h2-3,8-9,17H,4-7H2,1H3;2-5H,1H3;5-6H,1-4H2;3H,2H2,1H3. The van der Waals surface area contributed by atoms with Crippen molar-refractivity contribution in [1.29, 1.82) is 0 Å². The van der Waals surface area contributed by atoms with Gasteiger partial charge in [-0.3, -0.25) is 0 Å². The molecule has 0 bridgehead atoms. The number of anilines is 1. The molecule has 6 aromatic rings. The Balaban J connectivity index is 0.000000146. The van der Waals surface area contributed by atoms with E-state index in [1.807, 2.05) is 59.9 Å². The van der Waals surface area contributed by atoms with Gasteiger partial charge in [-0.15, -0.1) is 0 Å². The Labute approximate surface area is 282 Å². The number of imidazole rings is 2. The Morgan fingerprint density at radius 2 is 1.15 bits per heavy atom. The number of halogens is 3. The molecule has 0 radical (unpaired) electrons. The maximum absolute atomic E-state index is 7.57. The number of aryl methyl sites for hydroxylation is 2. The van der Waals surface area contributed by atoms with Crippen LogP contribution in [0.3, 0.4) is 0 Å². The zero-order chi connectivity index (χ0) is 32.6. The van der Waals surface area contributed by atoms with Gasteiger partial charge in [0.2, 0.25) is 0 Å². The SMILES string of the molecule is C1CNCCN1.CCO.Cn1cnc2c(Cl)nc3ccc(Cl)cc3c21.Cn1cnc2c(N3CCNCC3)nc3ccc(Cl)cc3c21. The molecule has 46 heavy (non-hydrogen) atoms. The van der Waals surface area contributed by atoms with E-state index in [1.165, 1.54) is 0 Å². The topological polar surface area (TPSA) is 121 Å². The van der Waals surface area contributed by atoms with Gasteiger partial charge in [0.15, 0.2) is 11.0 Å². The number of hydrogen-bond donors (Lipinski definition) is 4. The Morgan fingerprint density at radius 1 is 0.696 bits per heavy atom. The maximum Gasteiger partial charge on any atom is 0.157 e. The van der Waals surface area contributed by atoms with Crippen LogP contribution < -0.4 is 20.9 Å². The summed E-state index contributed by atoms with van der Waals surface area (Å²) in [6.07, 6.45) is 3.57. The van der Waals surface area contributed by atoms with Crippen LogP contribution in [0.25, 0.3) is 43.9 Å². The quantitative estimate of drug-likeness (QED) is 0.181. The molecule has 4 N–H and O–H groups in total. The second-order valence-corrected chi connectivity index (χ2v) is 12.1. The van der Waals surface area contributed by atoms with Crippen LogP contribution in [-0.2, 0) is 14.1 Å². The summed E-state index contributed by atoms with van der Waals surface area (Å²) in [5.74, 6) is 0.974. The zero-order valence-electron chi connectivity index (χ0n) is 26.2. The minimum Gasteiger partial charge on any atom is -0.397 e. The summed E-state index contributed by atoms with van der Waals surface area (Å²) in [6.45, 7) is 10.4. The predicted molar refractivity (Wildman–Crippen MR) is 191 cm³/mol. The summed E-state index contributed by atoms with van der Waals surface area (Å²) >= 11 is 18.2. The third kappa shape index (κ3) is 7.80. The molecule has 2 aromatic carbocycles. The molecule has 0 spiro atoms. The number of aromatic nitrogens is 6. The van der Waals surface area contributed by atoms with E-state index in [9.17, 15) is 0 Å². The molecule has 6 heterocycles. The highest BCUT2D eigenvalue weighted by molar-refractivity contribution is 6.35. The van der Waals surface area contributed by atoms with Crippen molar-refractivity contribution >= 4 is 84.5 Å². The van der Waals surface area contributed by atoms with Gasteiger partial charge in [0.25, 0.3) is 0 Å². The molecule has 0 unspecified atom stereocenters. The van der Waals surface area contributed by atoms with Crippen molar-refractivity contribution in [3.05, 3.63) is 64.3 Å². The van der Waals surface area contributed by atoms with Crippen LogP contribution in [0.4, 0.5) is 5.82 Å². The van der Waals surface area contributed by atoms with Gasteiger partial charge in [-0.1, -0.05) is 34.8 Å². The second kappa shape index (κ2) is 16.0. The highest BCUT2D eigenvalue weighted by Gasteiger charge is 2.19. The molecule has 2 fully saturated rings. The summed E-state index contributed by atoms with van der Waals surface area (Å²) in [5, 5.41) is 21.2. The molecule has 0 atom stereocenters. The molecule has 11 nitrogen and oxygen atoms in total. The van der Waals surface area contributed by atoms with Gasteiger partial charge in [0, 0.05) is 93.9 Å². The number of hydrogen-bond acceptors (Lipinski definition) is 9. The van der Waals surface area contributed by atoms with E-state index in [0.29, 0.717) is 15.7 Å². The first-order chi connectivity index (χ1) is 22.3. The Kier molecular flexibility index (Phi) is 11.9. The lowest BCUT2D eigenvalue weighted by Gasteiger charge is -2.28. The van der Waals surface area contributed by atoms with Crippen molar-refractivity contribution in [2.75, 3.05) is 63.9 Å². The fourth-order valence-corrected chi connectivity index (χ4v) is 6.00. The minimum atomic E-state index is 0.250. The molecule has 244 valence electrons. The zero-order valence-corrected chi connectivity index (χ0v) is 28.5. The predicted octanol–water partition coefficient (Wildman–Crippen LogP) is 4.79. The van der Waals surface area contributed by atoms with Crippen molar-refractivity contribution < 1.29 is 5.11 Å². The Hall–Kier alpha value is -3.29. The third-order valence-corrected chi connectivity index (χ3v) is 8.26. The molecule has 14 heteroatoms. The number of rotatable bonds is 1. The average Bonchev–Trinajstić information content (AvgIpc) is 3.67. The molecule has 2 saturated heterocycles. The van der Waals surface area contributed by atoms with Crippen molar-refractivity contribution in [2.45, 2.75) is 6.92 Å². The van der Waals surface area contributed by atoms with Crippen LogP contribution in [0.5, 0.6) is 0 Å². The van der Waals surface area contributed by atoms with Crippen molar-refractivity contribution in [1.82, 2.24) is 45.0 Å². The van der Waals surface area contributed by atoms with E-state index in [4.69, 9.17) is 44.9 Å². The number of benzene rings is 2. The largest absolute Gasteiger partial charge is 0.397 e. The molecule has 2 aliphatic rings. The summed E-state index contributed by atoms with van der Waals surface area (Å²) in [6, 6.07) is 11.4. The van der Waals surface area contributed by atoms with Gasteiger partial charge in [0.05, 0.1) is 34.7 Å². The average molecular weight is 686 g/mol. The van der Waals surface area contributed by atoms with Gasteiger partial charge in [0.1, 0.15) is 11.0 Å². The second-order valence-electron chi connectivity index (χ2n) is 10.8. The third-order valence-electron chi connectivity index (χ3n) is 7.53. The van der Waals surface area contributed by atoms with Gasteiger partial charge < -0.3 is 35.1 Å². The summed E-state index contributed by atoms with van der Waals surface area (Å²) in [4.78, 5) is 20.2. The molecule has 2 aliphatic heterocycles. The number of nitrogens with one attached hydrogen (secondary N) is 3. The van der Waals surface area contributed by atoms with Crippen LogP contribution in [-0.4, -0.2) is 93.1 Å². The van der Waals surface area contributed by atoms with Gasteiger partial charge >= 0.3 is 0 Å². The van der Waals surface area contributed by atoms with Crippen LogP contribution in [0.15, 0.2) is 49.1 Å². The first-order valence-electron chi connectivity index (χ1n) is 15.3. The molecule has 0 saturated carbocycles. The van der Waals surface area contributed by atoms with Crippen LogP contribution >= 0.6 is 34.8 Å². The fourth-order valence-electron chi connectivity index (χ4n) is 5.43. The molecule has 0 amide bonds. The smallest absolute Gasteiger partial charge is 0.157 e. The number of fused-ring (bicyclic) bond motifs is 6. The van der Waals surface area contributed by atoms with Crippen molar-refractivity contribution in [2.24, 2.45) is 14.1 Å². The van der Waals surface area contributed by atoms with E-state index >= 15 is 0 Å². The maximum atomic E-state index is 7.57. The number of aliphatic hydroxyl groups is 1. The lowest BCUT2D eigenvalue weighted by Crippen LogP contribution is -2.44. The van der Waals surface area contributed by atoms with E-state index in [1.54, 1.807) is 19.3 Å². The summed E-state index contributed by atoms with van der Waals surface area (Å²) in [7, 11) is 3.93. The first kappa shape index (κ1) is 34.1. The van der Waals surface area contributed by atoms with Gasteiger partial charge in [-0.2, -0.15) is 0 Å². The summed E-state index contributed by atoms with van der Waals surface area (Å²) < 4.78 is 3.96. The molecule has 8 rings (SSSR count). The van der Waals surface area contributed by atoms with Crippen molar-refractivity contribution in [3.63, 3.8) is 0 Å². The molecule has 4 aromatic heterocycles. The lowest BCUT2D eigenvalue weighted by atomic mass is 10.1. The Bertz CT molecular complexity index is 1900. The Morgan fingerprint density at radius 3 is 1.67 bits per heavy atom. The fraction of sp³-hybridized carbons (Fsp3) is 0.375. The van der Waals surface area contributed by atoms with Crippen molar-refractivity contribution in [3.8, 4) is 0 Å². The molecule has 0 aliphatic carbocycles. The minimum absolute atomic E-state index is 0.250. The van der Waals surface area contributed by atoms with Gasteiger partial charge in [-0.05, 0) is 43.3 Å². The first-order valence-corrected chi connectivity index (χ1v) is 16.4. The lowest BCUT2D eigenvalue weighted by molar-refractivity contribution is 0.318. The van der Waals surface area contributed by atoms with E-state index in [-0.39, 0.29) is 6.61 Å². The highest BCUT2D eigenvalue weighted by Crippen LogP contribution is 2.32. The highest BCUT2D eigenvalue weighted by atomic mass is 35.5. The number of nitrogens with zero attached hydrogens (tertiary/aromatic N) is 7. The number of piperazine rings is 2. The van der Waals surface area contributed by atoms with Crippen LogP contribution in [0, 0.1) is 0 Å².